The Morgan fingerprint density at radius 1 is 1.28 bits per heavy atom. The molecule has 1 aromatic carbocycles. The van der Waals surface area contributed by atoms with E-state index in [1.165, 1.54) is 28.8 Å². The second-order valence-corrected chi connectivity index (χ2v) is 5.48. The van der Waals surface area contributed by atoms with Crippen molar-refractivity contribution in [2.75, 3.05) is 25.1 Å². The minimum absolute atomic E-state index is 0.0615. The molecule has 0 unspecified atom stereocenters. The molecule has 0 saturated carbocycles. The number of nitrogens with zero attached hydrogens (tertiary/aromatic N) is 3. The highest BCUT2D eigenvalue weighted by Crippen LogP contribution is 2.24. The second-order valence-electron chi connectivity index (χ2n) is 5.48. The summed E-state index contributed by atoms with van der Waals surface area (Å²) >= 11 is 0. The van der Waals surface area contributed by atoms with E-state index in [-0.39, 0.29) is 18.8 Å². The Morgan fingerprint density at radius 2 is 1.92 bits per heavy atom. The zero-order valence-electron chi connectivity index (χ0n) is 14.3. The number of hydrogen-bond donors (Lipinski definition) is 0. The zero-order chi connectivity index (χ0) is 18.6. The third-order valence-corrected chi connectivity index (χ3v) is 3.62. The lowest BCUT2D eigenvalue weighted by atomic mass is 10.2. The number of pyridine rings is 1. The lowest BCUT2D eigenvalue weighted by Gasteiger charge is -2.18. The van der Waals surface area contributed by atoms with Gasteiger partial charge in [-0.2, -0.15) is 0 Å². The molecule has 132 valence electrons. The van der Waals surface area contributed by atoms with Crippen molar-refractivity contribution in [3.63, 3.8) is 0 Å². The number of hydrogen-bond acceptors (Lipinski definition) is 6. The highest BCUT2D eigenvalue weighted by atomic mass is 16.6. The Balaban J connectivity index is 2.48. The summed E-state index contributed by atoms with van der Waals surface area (Å²) in [5, 5.41) is 11.4. The van der Waals surface area contributed by atoms with Crippen LogP contribution in [-0.4, -0.2) is 35.7 Å². The van der Waals surface area contributed by atoms with Crippen LogP contribution in [0.1, 0.15) is 12.5 Å². The first-order valence-electron chi connectivity index (χ1n) is 7.69. The van der Waals surface area contributed by atoms with Gasteiger partial charge >= 0.3 is 17.2 Å². The molecule has 0 aliphatic carbocycles. The van der Waals surface area contributed by atoms with E-state index in [0.717, 1.165) is 5.56 Å². The van der Waals surface area contributed by atoms with Crippen LogP contribution in [0.3, 0.4) is 0 Å². The van der Waals surface area contributed by atoms with Crippen LogP contribution in [-0.2, 0) is 9.53 Å². The number of esters is 1. The van der Waals surface area contributed by atoms with E-state index in [0.29, 0.717) is 5.69 Å². The molecule has 2 aromatic rings. The quantitative estimate of drug-likeness (QED) is 0.452. The van der Waals surface area contributed by atoms with Crippen LogP contribution in [0.15, 0.2) is 41.3 Å². The summed E-state index contributed by atoms with van der Waals surface area (Å²) in [7, 11) is 1.49. The zero-order valence-corrected chi connectivity index (χ0v) is 14.3. The first-order chi connectivity index (χ1) is 11.8. The molecule has 1 aromatic heterocycles. The number of ether oxygens (including phenoxy) is 1. The lowest BCUT2D eigenvalue weighted by molar-refractivity contribution is -0.385. The summed E-state index contributed by atoms with van der Waals surface area (Å²) in [6, 6.07) is 8.49. The highest BCUT2D eigenvalue weighted by Gasteiger charge is 2.25. The summed E-state index contributed by atoms with van der Waals surface area (Å²) in [4.78, 5) is 36.3. The topological polar surface area (TPSA) is 94.7 Å². The fourth-order valence-corrected chi connectivity index (χ4v) is 2.39. The summed E-state index contributed by atoms with van der Waals surface area (Å²) < 4.78 is 6.04. The maximum atomic E-state index is 12.6. The molecule has 0 saturated heterocycles. The van der Waals surface area contributed by atoms with Crippen LogP contribution in [0.2, 0.25) is 0 Å². The maximum Gasteiger partial charge on any atom is 0.357 e. The smallest absolute Gasteiger partial charge is 0.357 e. The lowest BCUT2D eigenvalue weighted by Crippen LogP contribution is -2.30. The summed E-state index contributed by atoms with van der Waals surface area (Å²) in [6.45, 7) is 3.60. The predicted octanol–water partition coefficient (Wildman–Crippen LogP) is 2.05. The molecule has 8 nitrogen and oxygen atoms in total. The van der Waals surface area contributed by atoms with Gasteiger partial charge in [0.05, 0.1) is 11.5 Å². The molecule has 0 aliphatic rings. The summed E-state index contributed by atoms with van der Waals surface area (Å²) in [5.41, 5.74) is 0.249. The van der Waals surface area contributed by atoms with E-state index in [2.05, 4.69) is 0 Å². The van der Waals surface area contributed by atoms with E-state index in [9.17, 15) is 19.7 Å². The average Bonchev–Trinajstić information content (AvgIpc) is 2.55. The molecular weight excluding hydrogens is 326 g/mol. The minimum Gasteiger partial charge on any atom is -0.465 e. The third kappa shape index (κ3) is 4.03. The Hall–Kier alpha value is -3.16. The van der Waals surface area contributed by atoms with Crippen molar-refractivity contribution >= 4 is 17.3 Å². The monoisotopic (exact) mass is 345 g/mol. The van der Waals surface area contributed by atoms with Gasteiger partial charge < -0.3 is 9.64 Å². The molecule has 0 aliphatic heterocycles. The molecule has 0 amide bonds. The van der Waals surface area contributed by atoms with Gasteiger partial charge in [0.25, 0.3) is 0 Å². The normalized spacial score (nSPS) is 10.4. The fourth-order valence-electron chi connectivity index (χ4n) is 2.39. The molecule has 0 atom stereocenters. The summed E-state index contributed by atoms with van der Waals surface area (Å²) in [5.74, 6) is -0.526. The molecule has 1 heterocycles. The fraction of sp³-hybridized carbons (Fsp3) is 0.294. The van der Waals surface area contributed by atoms with Crippen molar-refractivity contribution in [3.05, 3.63) is 62.6 Å². The molecule has 0 N–H and O–H groups in total. The van der Waals surface area contributed by atoms with Gasteiger partial charge in [0, 0.05) is 18.9 Å². The van der Waals surface area contributed by atoms with Crippen molar-refractivity contribution in [2.45, 2.75) is 13.8 Å². The van der Waals surface area contributed by atoms with Crippen molar-refractivity contribution in [1.82, 2.24) is 4.57 Å². The van der Waals surface area contributed by atoms with Gasteiger partial charge in [0.2, 0.25) is 0 Å². The maximum absolute atomic E-state index is 12.6. The number of benzene rings is 1. The van der Waals surface area contributed by atoms with Gasteiger partial charge in [0.1, 0.15) is 12.2 Å². The number of carbonyl (C=O) groups is 1. The Bertz CT molecular complexity index is 842. The minimum atomic E-state index is -0.762. The van der Waals surface area contributed by atoms with Gasteiger partial charge in [0.15, 0.2) is 0 Å². The van der Waals surface area contributed by atoms with Crippen molar-refractivity contribution < 1.29 is 14.5 Å². The number of likely N-dealkylation sites (N-methyl/N-ethyl adjacent to an activating group) is 1. The van der Waals surface area contributed by atoms with E-state index in [4.69, 9.17) is 4.74 Å². The molecule has 25 heavy (non-hydrogen) atoms. The molecule has 0 fully saturated rings. The van der Waals surface area contributed by atoms with Gasteiger partial charge in [-0.25, -0.2) is 0 Å². The first kappa shape index (κ1) is 18.2. The van der Waals surface area contributed by atoms with E-state index < -0.39 is 22.1 Å². The third-order valence-electron chi connectivity index (χ3n) is 3.62. The van der Waals surface area contributed by atoms with Crippen LogP contribution in [0.25, 0.3) is 5.69 Å². The largest absolute Gasteiger partial charge is 0.465 e. The number of carbonyl (C=O) groups excluding carboxylic acids is 1. The molecular formula is C17H19N3O5. The van der Waals surface area contributed by atoms with Gasteiger partial charge in [-0.15, -0.1) is 0 Å². The van der Waals surface area contributed by atoms with Gasteiger partial charge in [-0.3, -0.25) is 24.3 Å². The van der Waals surface area contributed by atoms with Crippen molar-refractivity contribution in [3.8, 4) is 5.69 Å². The number of aromatic nitrogens is 1. The Labute approximate surface area is 144 Å². The molecule has 8 heteroatoms. The first-order valence-corrected chi connectivity index (χ1v) is 7.69. The number of nitro groups is 1. The van der Waals surface area contributed by atoms with Gasteiger partial charge in [-0.1, -0.05) is 17.7 Å². The number of anilines is 1. The second kappa shape index (κ2) is 7.61. The SMILES string of the molecule is CCOC(=O)CN(C)c1ccn(-c2ccc(C)cc2)c(=O)c1[N+](=O)[O-]. The highest BCUT2D eigenvalue weighted by molar-refractivity contribution is 5.77. The number of aryl methyl sites for hydroxylation is 1. The standard InChI is InChI=1S/C17H19N3O5/c1-4-25-15(21)11-18(3)14-9-10-19(17(22)16(14)20(23)24)13-7-5-12(2)6-8-13/h5-10H,4,11H2,1-3H3. The molecule has 0 radical (unpaired) electrons. The van der Waals surface area contributed by atoms with Gasteiger partial charge in [-0.05, 0) is 32.0 Å². The van der Waals surface area contributed by atoms with Crippen LogP contribution in [0.5, 0.6) is 0 Å². The molecule has 0 spiro atoms. The molecule has 2 rings (SSSR count). The molecule has 0 bridgehead atoms. The number of rotatable bonds is 6. The van der Waals surface area contributed by atoms with Crippen LogP contribution < -0.4 is 10.5 Å². The van der Waals surface area contributed by atoms with Crippen LogP contribution in [0.4, 0.5) is 11.4 Å². The van der Waals surface area contributed by atoms with E-state index in [1.807, 2.05) is 19.1 Å². The van der Waals surface area contributed by atoms with E-state index >= 15 is 0 Å². The summed E-state index contributed by atoms with van der Waals surface area (Å²) in [6.07, 6.45) is 1.46. The van der Waals surface area contributed by atoms with Crippen LogP contribution in [0, 0.1) is 17.0 Å². The Kier molecular flexibility index (Phi) is 5.53. The van der Waals surface area contributed by atoms with Crippen molar-refractivity contribution in [2.24, 2.45) is 0 Å². The Morgan fingerprint density at radius 3 is 2.48 bits per heavy atom. The predicted molar refractivity (Wildman–Crippen MR) is 93.3 cm³/mol. The van der Waals surface area contributed by atoms with Crippen molar-refractivity contribution in [1.29, 1.82) is 0 Å². The average molecular weight is 345 g/mol. The van der Waals surface area contributed by atoms with Crippen LogP contribution >= 0.6 is 0 Å². The van der Waals surface area contributed by atoms with E-state index in [1.54, 1.807) is 19.1 Å².